The van der Waals surface area contributed by atoms with Crippen molar-refractivity contribution >= 4 is 12.0 Å². The first kappa shape index (κ1) is 20.2. The molecule has 7 nitrogen and oxygen atoms in total. The van der Waals surface area contributed by atoms with Crippen molar-refractivity contribution in [2.24, 2.45) is 0 Å². The van der Waals surface area contributed by atoms with Crippen LogP contribution >= 0.6 is 0 Å². The molecule has 2 amide bonds. The average molecular weight is 363 g/mol. The number of likely N-dealkylation sites (N-methyl/N-ethyl adjacent to an activating group) is 1. The van der Waals surface area contributed by atoms with Crippen LogP contribution in [0.15, 0.2) is 24.3 Å². The molecular weight excluding hydrogens is 334 g/mol. The Hall–Kier alpha value is -2.12. The number of amides is 2. The zero-order valence-electron chi connectivity index (χ0n) is 15.8. The third kappa shape index (κ3) is 6.31. The summed E-state index contributed by atoms with van der Waals surface area (Å²) >= 11 is 0. The van der Waals surface area contributed by atoms with E-state index >= 15 is 0 Å². The predicted molar refractivity (Wildman–Crippen MR) is 99.2 cm³/mol. The maximum Gasteiger partial charge on any atom is 0.317 e. The first-order chi connectivity index (χ1) is 12.3. The van der Waals surface area contributed by atoms with Crippen molar-refractivity contribution < 1.29 is 19.4 Å². The smallest absolute Gasteiger partial charge is 0.317 e. The number of benzene rings is 1. The molecule has 1 atom stereocenters. The summed E-state index contributed by atoms with van der Waals surface area (Å²) in [5.74, 6) is -0.385. The third-order valence-corrected chi connectivity index (χ3v) is 4.44. The molecule has 1 aromatic rings. The molecule has 1 fully saturated rings. The number of morpholine rings is 1. The molecule has 144 valence electrons. The largest absolute Gasteiger partial charge is 0.480 e. The van der Waals surface area contributed by atoms with Gasteiger partial charge in [0.2, 0.25) is 0 Å². The van der Waals surface area contributed by atoms with E-state index in [1.54, 1.807) is 16.8 Å². The number of carboxylic acid groups (broad SMARTS) is 1. The molecule has 2 N–H and O–H groups in total. The van der Waals surface area contributed by atoms with Gasteiger partial charge in [0.1, 0.15) is 0 Å². The van der Waals surface area contributed by atoms with Gasteiger partial charge in [-0.05, 0) is 24.1 Å². The zero-order valence-corrected chi connectivity index (χ0v) is 15.8. The number of aliphatic carboxylic acids is 1. The number of hydrogen-bond acceptors (Lipinski definition) is 4. The van der Waals surface area contributed by atoms with Gasteiger partial charge in [-0.25, -0.2) is 4.79 Å². The Morgan fingerprint density at radius 2 is 2.04 bits per heavy atom. The fourth-order valence-corrected chi connectivity index (χ4v) is 2.97. The van der Waals surface area contributed by atoms with Crippen molar-refractivity contribution in [3.63, 3.8) is 0 Å². The number of nitrogens with one attached hydrogen (secondary N) is 1. The lowest BCUT2D eigenvalue weighted by atomic mass is 10.0. The van der Waals surface area contributed by atoms with E-state index in [9.17, 15) is 9.59 Å². The first-order valence-corrected chi connectivity index (χ1v) is 8.98. The number of carboxylic acids is 1. The van der Waals surface area contributed by atoms with Crippen molar-refractivity contribution in [2.45, 2.75) is 32.4 Å². The maximum absolute atomic E-state index is 12.4. The van der Waals surface area contributed by atoms with Crippen LogP contribution in [0.1, 0.15) is 30.9 Å². The highest BCUT2D eigenvalue weighted by atomic mass is 16.5. The normalized spacial score (nSPS) is 17.6. The Morgan fingerprint density at radius 3 is 2.65 bits per heavy atom. The molecule has 1 aliphatic rings. The summed E-state index contributed by atoms with van der Waals surface area (Å²) < 4.78 is 5.65. The highest BCUT2D eigenvalue weighted by Gasteiger charge is 2.25. The molecule has 0 bridgehead atoms. The summed E-state index contributed by atoms with van der Waals surface area (Å²) in [6.45, 7) is 6.68. The number of urea groups is 1. The van der Waals surface area contributed by atoms with Gasteiger partial charge >= 0.3 is 12.0 Å². The van der Waals surface area contributed by atoms with Crippen LogP contribution in [-0.2, 0) is 16.1 Å². The van der Waals surface area contributed by atoms with E-state index in [-0.39, 0.29) is 18.7 Å². The second-order valence-corrected chi connectivity index (χ2v) is 7.08. The minimum atomic E-state index is -0.874. The van der Waals surface area contributed by atoms with Crippen molar-refractivity contribution in [1.29, 1.82) is 0 Å². The second kappa shape index (κ2) is 9.54. The third-order valence-electron chi connectivity index (χ3n) is 4.44. The second-order valence-electron chi connectivity index (χ2n) is 7.08. The minimum absolute atomic E-state index is 0.0432. The van der Waals surface area contributed by atoms with Crippen LogP contribution in [0.4, 0.5) is 4.79 Å². The molecule has 0 spiro atoms. The molecule has 1 unspecified atom stereocenters. The summed E-state index contributed by atoms with van der Waals surface area (Å²) in [5, 5.41) is 11.8. The van der Waals surface area contributed by atoms with Gasteiger partial charge in [0.25, 0.3) is 0 Å². The lowest BCUT2D eigenvalue weighted by Crippen LogP contribution is -2.52. The highest BCUT2D eigenvalue weighted by molar-refractivity contribution is 5.74. The van der Waals surface area contributed by atoms with Gasteiger partial charge in [-0.2, -0.15) is 0 Å². The number of carbonyl (C=O) groups excluding carboxylic acids is 1. The van der Waals surface area contributed by atoms with Crippen LogP contribution in [0, 0.1) is 0 Å². The molecule has 0 radical (unpaired) electrons. The molecule has 1 aliphatic heterocycles. The van der Waals surface area contributed by atoms with E-state index in [4.69, 9.17) is 9.84 Å². The van der Waals surface area contributed by atoms with Crippen LogP contribution in [0.5, 0.6) is 0 Å². The van der Waals surface area contributed by atoms with Crippen LogP contribution in [0.25, 0.3) is 0 Å². The first-order valence-electron chi connectivity index (χ1n) is 8.98. The molecule has 7 heteroatoms. The van der Waals surface area contributed by atoms with Gasteiger partial charge in [0, 0.05) is 26.2 Å². The van der Waals surface area contributed by atoms with Crippen LogP contribution in [0.3, 0.4) is 0 Å². The van der Waals surface area contributed by atoms with Gasteiger partial charge < -0.3 is 20.1 Å². The molecule has 0 aliphatic carbocycles. The molecular formula is C19H29N3O4. The van der Waals surface area contributed by atoms with Crippen molar-refractivity contribution in [1.82, 2.24) is 15.1 Å². The topological polar surface area (TPSA) is 82.1 Å². The Labute approximate surface area is 154 Å². The molecule has 1 aromatic carbocycles. The zero-order chi connectivity index (χ0) is 19.1. The summed E-state index contributed by atoms with van der Waals surface area (Å²) in [5.41, 5.74) is 2.34. The number of carbonyl (C=O) groups is 2. The van der Waals surface area contributed by atoms with E-state index in [2.05, 4.69) is 31.3 Å². The number of nitrogens with zero attached hydrogens (tertiary/aromatic N) is 2. The minimum Gasteiger partial charge on any atom is -0.480 e. The monoisotopic (exact) mass is 363 g/mol. The van der Waals surface area contributed by atoms with Gasteiger partial charge in [-0.15, -0.1) is 0 Å². The lowest BCUT2D eigenvalue weighted by molar-refractivity contribution is -0.138. The Morgan fingerprint density at radius 1 is 1.35 bits per heavy atom. The molecule has 0 aromatic heterocycles. The Kier molecular flexibility index (Phi) is 7.41. The lowest BCUT2D eigenvalue weighted by Gasteiger charge is -2.34. The quantitative estimate of drug-likeness (QED) is 0.771. The summed E-state index contributed by atoms with van der Waals surface area (Å²) in [6.07, 6.45) is -0.177. The SMILES string of the molecule is CC(C)c1ccc(CNC(=O)N2CCOC(CN(C)CC(=O)O)C2)cc1. The molecule has 1 saturated heterocycles. The summed E-state index contributed by atoms with van der Waals surface area (Å²) in [4.78, 5) is 26.6. The van der Waals surface area contributed by atoms with Crippen molar-refractivity contribution in [3.05, 3.63) is 35.4 Å². The Bertz CT molecular complexity index is 603. The van der Waals surface area contributed by atoms with Crippen LogP contribution in [-0.4, -0.2) is 72.8 Å². The van der Waals surface area contributed by atoms with Gasteiger partial charge in [-0.3, -0.25) is 9.69 Å². The van der Waals surface area contributed by atoms with Gasteiger partial charge in [0.05, 0.1) is 19.3 Å². The van der Waals surface area contributed by atoms with Gasteiger partial charge in [0.15, 0.2) is 0 Å². The summed E-state index contributed by atoms with van der Waals surface area (Å²) in [7, 11) is 1.73. The molecule has 1 heterocycles. The van der Waals surface area contributed by atoms with Gasteiger partial charge in [-0.1, -0.05) is 38.1 Å². The van der Waals surface area contributed by atoms with E-state index in [0.29, 0.717) is 38.7 Å². The Balaban J connectivity index is 1.80. The number of ether oxygens (including phenoxy) is 1. The predicted octanol–water partition coefficient (Wildman–Crippen LogP) is 1.74. The van der Waals surface area contributed by atoms with Crippen molar-refractivity contribution in [2.75, 3.05) is 39.8 Å². The average Bonchev–Trinajstić information content (AvgIpc) is 2.59. The van der Waals surface area contributed by atoms with Crippen LogP contribution < -0.4 is 5.32 Å². The molecule has 26 heavy (non-hydrogen) atoms. The van der Waals surface area contributed by atoms with E-state index < -0.39 is 5.97 Å². The fourth-order valence-electron chi connectivity index (χ4n) is 2.97. The van der Waals surface area contributed by atoms with E-state index in [0.717, 1.165) is 5.56 Å². The molecule has 0 saturated carbocycles. The summed E-state index contributed by atoms with van der Waals surface area (Å²) in [6, 6.07) is 8.15. The fraction of sp³-hybridized carbons (Fsp3) is 0.579. The van der Waals surface area contributed by atoms with Crippen molar-refractivity contribution in [3.8, 4) is 0 Å². The maximum atomic E-state index is 12.4. The van der Waals surface area contributed by atoms with E-state index in [1.807, 2.05) is 12.1 Å². The standard InChI is InChI=1S/C19H29N3O4/c1-14(2)16-6-4-15(5-7-16)10-20-19(25)22-8-9-26-17(12-22)11-21(3)13-18(23)24/h4-7,14,17H,8-13H2,1-3H3,(H,20,25)(H,23,24). The highest BCUT2D eigenvalue weighted by Crippen LogP contribution is 2.14. The van der Waals surface area contributed by atoms with E-state index in [1.165, 1.54) is 5.56 Å². The number of hydrogen-bond donors (Lipinski definition) is 2. The number of rotatable bonds is 7. The van der Waals surface area contributed by atoms with Crippen LogP contribution in [0.2, 0.25) is 0 Å². The molecule has 2 rings (SSSR count).